The van der Waals surface area contributed by atoms with Crippen molar-refractivity contribution in [1.29, 1.82) is 0 Å². The SMILES string of the molecule is [Pr].[Te].[Te].[Te]. The third-order valence-corrected chi connectivity index (χ3v) is 0. The first kappa shape index (κ1) is 25.2. The van der Waals surface area contributed by atoms with Crippen LogP contribution in [0.4, 0.5) is 0 Å². The van der Waals surface area contributed by atoms with Crippen LogP contribution in [0.1, 0.15) is 0 Å². The van der Waals surface area contributed by atoms with E-state index in [0.29, 0.717) is 0 Å². The molecule has 0 spiro atoms. The Morgan fingerprint density at radius 2 is 0.500 bits per heavy atom. The molecule has 0 N–H and O–H groups in total. The Kier molecular flexibility index (Phi) is 99.9. The standard InChI is InChI=1S/Pr.3Te. The van der Waals surface area contributed by atoms with Gasteiger partial charge in [-0.1, -0.05) is 0 Å². The Morgan fingerprint density at radius 1 is 0.500 bits per heavy atom. The molecule has 0 aliphatic heterocycles. The van der Waals surface area contributed by atoms with E-state index in [4.69, 9.17) is 0 Å². The van der Waals surface area contributed by atoms with Gasteiger partial charge in [0.1, 0.15) is 0 Å². The van der Waals surface area contributed by atoms with Gasteiger partial charge in [0.15, 0.2) is 0 Å². The molecule has 0 fully saturated rings. The van der Waals surface area contributed by atoms with Gasteiger partial charge in [0.2, 0.25) is 0 Å². The van der Waals surface area contributed by atoms with Crippen LogP contribution in [0.2, 0.25) is 0 Å². The molecule has 0 saturated carbocycles. The maximum Gasteiger partial charge on any atom is 0 e. The quantitative estimate of drug-likeness (QED) is 0.352. The maximum atomic E-state index is 0. The Hall–Kier alpha value is 3.73. The Balaban J connectivity index is 0. The zero-order chi connectivity index (χ0) is 0. The van der Waals surface area contributed by atoms with E-state index in [-0.39, 0.29) is 112 Å². The molecule has 4 heteroatoms. The van der Waals surface area contributed by atoms with Crippen LogP contribution in [0.15, 0.2) is 0 Å². The molecule has 21 valence electrons. The van der Waals surface area contributed by atoms with Crippen LogP contribution >= 0.6 is 0 Å². The molecule has 0 amide bonds. The zero-order valence-corrected chi connectivity index (χ0v) is 12.5. The van der Waals surface area contributed by atoms with Crippen molar-refractivity contribution in [2.75, 3.05) is 0 Å². The molecule has 4 heavy (non-hydrogen) atoms. The molecular weight excluding hydrogens is 524 g/mol. The summed E-state index contributed by atoms with van der Waals surface area (Å²) in [6.45, 7) is 0. The maximum absolute atomic E-state index is 0. The summed E-state index contributed by atoms with van der Waals surface area (Å²) in [5, 5.41) is 0. The zero-order valence-electron chi connectivity index (χ0n) is 1.80. The van der Waals surface area contributed by atoms with Gasteiger partial charge in [0.25, 0.3) is 0 Å². The van der Waals surface area contributed by atoms with Gasteiger partial charge >= 0.3 is 0 Å². The summed E-state index contributed by atoms with van der Waals surface area (Å²) in [5.74, 6) is 0. The second kappa shape index (κ2) is 15.9. The summed E-state index contributed by atoms with van der Waals surface area (Å²) in [6.07, 6.45) is 0. The van der Waals surface area contributed by atoms with Gasteiger partial charge in [-0.2, -0.15) is 0 Å². The molecule has 0 nitrogen and oxygen atoms in total. The summed E-state index contributed by atoms with van der Waals surface area (Å²) in [4.78, 5) is 0. The first-order chi connectivity index (χ1) is 0. The van der Waals surface area contributed by atoms with Gasteiger partial charge in [-0.05, 0) is 0 Å². The van der Waals surface area contributed by atoms with Crippen molar-refractivity contribution < 1.29 is 41.3 Å². The minimum Gasteiger partial charge on any atom is 0 e. The Morgan fingerprint density at radius 3 is 0.500 bits per heavy atom. The van der Waals surface area contributed by atoms with Crippen LogP contribution in [0.3, 0.4) is 0 Å². The van der Waals surface area contributed by atoms with E-state index in [9.17, 15) is 0 Å². The summed E-state index contributed by atoms with van der Waals surface area (Å²) < 4.78 is 0. The molecule has 0 unspecified atom stereocenters. The van der Waals surface area contributed by atoms with E-state index in [2.05, 4.69) is 0 Å². The molecule has 0 aromatic rings. The molecule has 0 aromatic heterocycles. The number of rotatable bonds is 0. The number of hydrogen-bond acceptors (Lipinski definition) is 0. The van der Waals surface area contributed by atoms with E-state index in [1.165, 1.54) is 0 Å². The van der Waals surface area contributed by atoms with Crippen LogP contribution in [-0.2, 0) is 0 Å². The summed E-state index contributed by atoms with van der Waals surface area (Å²) >= 11 is 0. The third-order valence-electron chi connectivity index (χ3n) is 0. The molecule has 0 heterocycles. The molecule has 0 rings (SSSR count). The van der Waals surface area contributed by atoms with Crippen LogP contribution in [0, 0.1) is 41.3 Å². The van der Waals surface area contributed by atoms with Gasteiger partial charge in [0, 0.05) is 112 Å². The van der Waals surface area contributed by atoms with Crippen molar-refractivity contribution in [3.63, 3.8) is 0 Å². The minimum absolute atomic E-state index is 0. The van der Waals surface area contributed by atoms with Gasteiger partial charge in [-0.3, -0.25) is 0 Å². The fraction of sp³-hybridized carbons (Fsp3) is 0. The average Bonchev–Trinajstić information content (AvgIpc) is 0. The molecule has 7 radical (unpaired) electrons. The Bertz CT molecular complexity index is 3.25. The van der Waals surface area contributed by atoms with Crippen molar-refractivity contribution in [3.05, 3.63) is 0 Å². The van der Waals surface area contributed by atoms with Crippen molar-refractivity contribution in [2.45, 2.75) is 0 Å². The van der Waals surface area contributed by atoms with Crippen LogP contribution in [0.25, 0.3) is 0 Å². The van der Waals surface area contributed by atoms with Gasteiger partial charge in [0.05, 0.1) is 0 Å². The minimum atomic E-state index is 0. The predicted molar refractivity (Wildman–Crippen MR) is 17.3 cm³/mol. The van der Waals surface area contributed by atoms with Gasteiger partial charge in [-0.15, -0.1) is 0 Å². The van der Waals surface area contributed by atoms with E-state index >= 15 is 0 Å². The molecule has 0 bridgehead atoms. The van der Waals surface area contributed by atoms with Gasteiger partial charge < -0.3 is 0 Å². The predicted octanol–water partition coefficient (Wildman–Crippen LogP) is -1.14. The summed E-state index contributed by atoms with van der Waals surface area (Å²) in [7, 11) is 0. The van der Waals surface area contributed by atoms with E-state index in [1.54, 1.807) is 0 Å². The fourth-order valence-corrected chi connectivity index (χ4v) is 0. The van der Waals surface area contributed by atoms with E-state index in [1.807, 2.05) is 0 Å². The third kappa shape index (κ3) is 9.22. The number of hydrogen-bond donors (Lipinski definition) is 0. The molecular formula is PrTe3. The Labute approximate surface area is 109 Å². The molecule has 0 atom stereocenters. The van der Waals surface area contributed by atoms with Crippen LogP contribution in [0.5, 0.6) is 0 Å². The van der Waals surface area contributed by atoms with Crippen molar-refractivity contribution in [1.82, 2.24) is 0 Å². The van der Waals surface area contributed by atoms with E-state index < -0.39 is 0 Å². The molecule has 0 aromatic carbocycles. The largest absolute Gasteiger partial charge is 0 e. The van der Waals surface area contributed by atoms with Crippen LogP contribution in [-0.4, -0.2) is 71.0 Å². The molecule has 0 aliphatic carbocycles. The normalized spacial score (nSPS) is 0. The first-order valence-corrected chi connectivity index (χ1v) is 0. The topological polar surface area (TPSA) is 0 Å². The van der Waals surface area contributed by atoms with Crippen molar-refractivity contribution in [2.24, 2.45) is 0 Å². The van der Waals surface area contributed by atoms with Gasteiger partial charge in [-0.25, -0.2) is 0 Å². The summed E-state index contributed by atoms with van der Waals surface area (Å²) in [6, 6.07) is 0. The smallest absolute Gasteiger partial charge is 0 e. The molecule has 0 saturated heterocycles. The first-order valence-electron chi connectivity index (χ1n) is 0. The average molecular weight is 524 g/mol. The van der Waals surface area contributed by atoms with Crippen molar-refractivity contribution >= 4 is 71.0 Å². The van der Waals surface area contributed by atoms with Crippen molar-refractivity contribution in [3.8, 4) is 0 Å². The monoisotopic (exact) mass is 531 g/mol. The summed E-state index contributed by atoms with van der Waals surface area (Å²) in [5.41, 5.74) is 0. The molecule has 0 aliphatic rings. The fourth-order valence-electron chi connectivity index (χ4n) is 0. The second-order valence-corrected chi connectivity index (χ2v) is 0. The second-order valence-electron chi connectivity index (χ2n) is 0. The van der Waals surface area contributed by atoms with E-state index in [0.717, 1.165) is 0 Å². The van der Waals surface area contributed by atoms with Crippen LogP contribution < -0.4 is 0 Å².